The lowest BCUT2D eigenvalue weighted by molar-refractivity contribution is 0.0695. The number of aromatic carboxylic acids is 1. The third-order valence-corrected chi connectivity index (χ3v) is 5.18. The predicted octanol–water partition coefficient (Wildman–Crippen LogP) is 4.41. The number of aryl methyl sites for hydroxylation is 1. The number of carboxylic acid groups (broad SMARTS) is 1. The number of para-hydroxylation sites is 1. The molecule has 0 saturated carbocycles. The minimum atomic E-state index is -0.885. The van der Waals surface area contributed by atoms with Crippen molar-refractivity contribution in [1.29, 1.82) is 0 Å². The van der Waals surface area contributed by atoms with Gasteiger partial charge in [-0.05, 0) is 42.5 Å². The number of carbonyl (C=O) groups is 1. The fourth-order valence-electron chi connectivity index (χ4n) is 4.06. The van der Waals surface area contributed by atoms with Crippen molar-refractivity contribution in [3.63, 3.8) is 0 Å². The molecule has 0 spiro atoms. The van der Waals surface area contributed by atoms with Crippen LogP contribution in [-0.4, -0.2) is 22.8 Å². The molecule has 25 heavy (non-hydrogen) atoms. The Kier molecular flexibility index (Phi) is 4.06. The van der Waals surface area contributed by atoms with Crippen LogP contribution in [0, 0.1) is 0 Å². The number of methoxy groups -OCH3 is 1. The first-order chi connectivity index (χ1) is 12.2. The summed E-state index contributed by atoms with van der Waals surface area (Å²) >= 11 is 0. The fraction of sp³-hybridized carbons (Fsp3) is 0.286. The van der Waals surface area contributed by atoms with Gasteiger partial charge in [0.1, 0.15) is 0 Å². The molecule has 2 aromatic carbocycles. The van der Waals surface area contributed by atoms with E-state index in [1.165, 1.54) is 16.6 Å². The molecule has 1 heterocycles. The van der Waals surface area contributed by atoms with Crippen LogP contribution in [0.4, 0.5) is 0 Å². The van der Waals surface area contributed by atoms with E-state index in [0.29, 0.717) is 12.1 Å². The van der Waals surface area contributed by atoms with Gasteiger partial charge in [0, 0.05) is 24.6 Å². The second-order valence-corrected chi connectivity index (χ2v) is 6.55. The van der Waals surface area contributed by atoms with Gasteiger partial charge in [0.25, 0.3) is 0 Å². The molecule has 1 atom stereocenters. The average Bonchev–Trinajstić information content (AvgIpc) is 2.96. The third-order valence-electron chi connectivity index (χ3n) is 5.18. The highest BCUT2D eigenvalue weighted by molar-refractivity contribution is 5.90. The molecule has 1 aliphatic rings. The Morgan fingerprint density at radius 2 is 1.96 bits per heavy atom. The van der Waals surface area contributed by atoms with E-state index < -0.39 is 5.97 Å². The zero-order chi connectivity index (χ0) is 17.4. The molecule has 1 N–H and O–H groups in total. The molecule has 1 aliphatic carbocycles. The maximum Gasteiger partial charge on any atom is 0.336 e. The zero-order valence-corrected chi connectivity index (χ0v) is 14.2. The summed E-state index contributed by atoms with van der Waals surface area (Å²) in [6.45, 7) is 0.540. The summed E-state index contributed by atoms with van der Waals surface area (Å²) in [5.41, 5.74) is 4.88. The Hall–Kier alpha value is -2.59. The van der Waals surface area contributed by atoms with Crippen LogP contribution in [0.5, 0.6) is 0 Å². The molecule has 1 aromatic heterocycles. The van der Waals surface area contributed by atoms with Crippen molar-refractivity contribution in [3.05, 3.63) is 70.9 Å². The summed E-state index contributed by atoms with van der Waals surface area (Å²) in [6, 6.07) is 15.6. The summed E-state index contributed by atoms with van der Waals surface area (Å²) in [5, 5.41) is 10.8. The molecule has 0 amide bonds. The lowest BCUT2D eigenvalue weighted by Gasteiger charge is -2.25. The minimum Gasteiger partial charge on any atom is -0.478 e. The van der Waals surface area contributed by atoms with Crippen molar-refractivity contribution in [3.8, 4) is 0 Å². The van der Waals surface area contributed by atoms with Gasteiger partial charge in [-0.25, -0.2) is 4.79 Å². The van der Waals surface area contributed by atoms with E-state index in [-0.39, 0.29) is 6.10 Å². The second-order valence-electron chi connectivity index (χ2n) is 6.55. The zero-order valence-electron chi connectivity index (χ0n) is 14.2. The minimum absolute atomic E-state index is 0.0631. The molecule has 1 unspecified atom stereocenters. The van der Waals surface area contributed by atoms with E-state index in [9.17, 15) is 9.90 Å². The topological polar surface area (TPSA) is 51.5 Å². The highest BCUT2D eigenvalue weighted by atomic mass is 16.5. The predicted molar refractivity (Wildman–Crippen MR) is 97.1 cm³/mol. The standard InChI is InChI=1S/C21H21NO3/c1-25-19-12-6-10-17-16-9-4-5-11-18(16)22(20(17)19)13-14-7-2-3-8-15(14)21(23)24/h2-5,7-9,11,19H,6,10,12-13H2,1H3,(H,23,24). The van der Waals surface area contributed by atoms with Crippen LogP contribution in [0.15, 0.2) is 48.5 Å². The van der Waals surface area contributed by atoms with Gasteiger partial charge in [-0.2, -0.15) is 0 Å². The quantitative estimate of drug-likeness (QED) is 0.768. The molecule has 0 aliphatic heterocycles. The lowest BCUT2D eigenvalue weighted by atomic mass is 9.93. The molecule has 4 nitrogen and oxygen atoms in total. The molecular weight excluding hydrogens is 314 g/mol. The van der Waals surface area contributed by atoms with E-state index >= 15 is 0 Å². The molecule has 0 saturated heterocycles. The smallest absolute Gasteiger partial charge is 0.336 e. The van der Waals surface area contributed by atoms with Crippen LogP contribution in [0.25, 0.3) is 10.9 Å². The molecule has 128 valence electrons. The third kappa shape index (κ3) is 2.63. The Morgan fingerprint density at radius 1 is 1.20 bits per heavy atom. The summed E-state index contributed by atoms with van der Waals surface area (Å²) in [7, 11) is 1.76. The van der Waals surface area contributed by atoms with E-state index in [0.717, 1.165) is 30.3 Å². The number of nitrogens with zero attached hydrogens (tertiary/aromatic N) is 1. The van der Waals surface area contributed by atoms with Crippen molar-refractivity contribution in [1.82, 2.24) is 4.57 Å². The molecule has 0 radical (unpaired) electrons. The summed E-state index contributed by atoms with van der Waals surface area (Å²) < 4.78 is 8.02. The SMILES string of the molecule is COC1CCCc2c1n(Cc1ccccc1C(=O)O)c1ccccc21. The summed E-state index contributed by atoms with van der Waals surface area (Å²) in [6.07, 6.45) is 3.22. The van der Waals surface area contributed by atoms with Crippen molar-refractivity contribution in [2.75, 3.05) is 7.11 Å². The van der Waals surface area contributed by atoms with Crippen LogP contribution < -0.4 is 0 Å². The lowest BCUT2D eigenvalue weighted by Crippen LogP contribution is -2.17. The second kappa shape index (κ2) is 6.37. The first kappa shape index (κ1) is 15.9. The number of fused-ring (bicyclic) bond motifs is 3. The summed E-state index contributed by atoms with van der Waals surface area (Å²) in [5.74, 6) is -0.885. The van der Waals surface area contributed by atoms with Crippen LogP contribution in [0.3, 0.4) is 0 Å². The number of aromatic nitrogens is 1. The van der Waals surface area contributed by atoms with Gasteiger partial charge in [0.05, 0.1) is 17.4 Å². The van der Waals surface area contributed by atoms with Crippen LogP contribution in [0.1, 0.15) is 46.1 Å². The number of hydrogen-bond acceptors (Lipinski definition) is 2. The number of ether oxygens (including phenoxy) is 1. The van der Waals surface area contributed by atoms with Crippen LogP contribution in [-0.2, 0) is 17.7 Å². The number of hydrogen-bond donors (Lipinski definition) is 1. The average molecular weight is 335 g/mol. The molecule has 4 rings (SSSR count). The fourth-order valence-corrected chi connectivity index (χ4v) is 4.06. The summed E-state index contributed by atoms with van der Waals surface area (Å²) in [4.78, 5) is 11.6. The highest BCUT2D eigenvalue weighted by Gasteiger charge is 2.27. The molecular formula is C21H21NO3. The van der Waals surface area contributed by atoms with Crippen molar-refractivity contribution >= 4 is 16.9 Å². The van der Waals surface area contributed by atoms with Gasteiger partial charge >= 0.3 is 5.97 Å². The van der Waals surface area contributed by atoms with Gasteiger partial charge in [0.2, 0.25) is 0 Å². The van der Waals surface area contributed by atoms with Gasteiger partial charge in [0.15, 0.2) is 0 Å². The number of rotatable bonds is 4. The van der Waals surface area contributed by atoms with Crippen LogP contribution >= 0.6 is 0 Å². The number of carboxylic acids is 1. The van der Waals surface area contributed by atoms with Gasteiger partial charge in [-0.15, -0.1) is 0 Å². The molecule has 4 heteroatoms. The van der Waals surface area contributed by atoms with Crippen LogP contribution in [0.2, 0.25) is 0 Å². The maximum absolute atomic E-state index is 11.6. The Bertz CT molecular complexity index is 941. The number of benzene rings is 2. The maximum atomic E-state index is 11.6. The Morgan fingerprint density at radius 3 is 2.76 bits per heavy atom. The molecule has 0 fully saturated rings. The molecule has 3 aromatic rings. The Labute approximate surface area is 146 Å². The van der Waals surface area contributed by atoms with Crippen molar-refractivity contribution < 1.29 is 14.6 Å². The largest absolute Gasteiger partial charge is 0.478 e. The first-order valence-corrected chi connectivity index (χ1v) is 8.64. The van der Waals surface area contributed by atoms with E-state index in [1.807, 2.05) is 18.2 Å². The van der Waals surface area contributed by atoms with Gasteiger partial charge < -0.3 is 14.4 Å². The monoisotopic (exact) mass is 335 g/mol. The van der Waals surface area contributed by atoms with E-state index in [1.54, 1.807) is 19.2 Å². The first-order valence-electron chi connectivity index (χ1n) is 8.64. The van der Waals surface area contributed by atoms with E-state index in [2.05, 4.69) is 22.8 Å². The van der Waals surface area contributed by atoms with Crippen molar-refractivity contribution in [2.45, 2.75) is 31.9 Å². The van der Waals surface area contributed by atoms with E-state index in [4.69, 9.17) is 4.74 Å². The highest BCUT2D eigenvalue weighted by Crippen LogP contribution is 2.39. The van der Waals surface area contributed by atoms with Gasteiger partial charge in [-0.3, -0.25) is 0 Å². The van der Waals surface area contributed by atoms with Crippen molar-refractivity contribution in [2.24, 2.45) is 0 Å². The Balaban J connectivity index is 1.92. The molecule has 0 bridgehead atoms. The normalized spacial score (nSPS) is 16.8. The van der Waals surface area contributed by atoms with Gasteiger partial charge in [-0.1, -0.05) is 36.4 Å².